The molecule has 0 amide bonds. The van der Waals surface area contributed by atoms with Crippen LogP contribution in [0.15, 0.2) is 40.8 Å². The molecule has 0 fully saturated rings. The third kappa shape index (κ3) is 4.40. The zero-order valence-corrected chi connectivity index (χ0v) is 9.81. The van der Waals surface area contributed by atoms with E-state index in [4.69, 9.17) is 16.7 Å². The maximum Gasteiger partial charge on any atom is 0.330 e. The van der Waals surface area contributed by atoms with Crippen LogP contribution in [0.1, 0.15) is 6.92 Å². The van der Waals surface area contributed by atoms with Crippen molar-refractivity contribution in [3.8, 4) is 0 Å². The number of rotatable bonds is 4. The monoisotopic (exact) mass is 242 g/mol. The quantitative estimate of drug-likeness (QED) is 0.649. The van der Waals surface area contributed by atoms with E-state index in [9.17, 15) is 4.79 Å². The molecule has 1 rings (SSSR count). The molecule has 1 N–H and O–H groups in total. The van der Waals surface area contributed by atoms with E-state index in [2.05, 4.69) is 0 Å². The number of carbonyl (C=O) groups is 1. The van der Waals surface area contributed by atoms with Gasteiger partial charge in [-0.05, 0) is 31.2 Å². The molecule has 4 heteroatoms. The van der Waals surface area contributed by atoms with Crippen LogP contribution in [0.3, 0.4) is 0 Å². The van der Waals surface area contributed by atoms with Crippen LogP contribution in [-0.4, -0.2) is 16.8 Å². The molecule has 0 saturated carbocycles. The van der Waals surface area contributed by atoms with E-state index in [1.807, 2.05) is 24.3 Å². The SMILES string of the molecule is CC(=CCSc1ccc(Cl)cc1)C(=O)O. The normalized spacial score (nSPS) is 11.5. The summed E-state index contributed by atoms with van der Waals surface area (Å²) in [7, 11) is 0. The molecular weight excluding hydrogens is 232 g/mol. The number of carboxylic acid groups (broad SMARTS) is 1. The van der Waals surface area contributed by atoms with Crippen LogP contribution in [0.4, 0.5) is 0 Å². The summed E-state index contributed by atoms with van der Waals surface area (Å²) < 4.78 is 0. The van der Waals surface area contributed by atoms with Crippen molar-refractivity contribution < 1.29 is 9.90 Å². The molecule has 1 aromatic carbocycles. The van der Waals surface area contributed by atoms with Crippen LogP contribution in [0, 0.1) is 0 Å². The first-order valence-corrected chi connectivity index (χ1v) is 5.74. The Hall–Kier alpha value is -0.930. The Kier molecular flexibility index (Phi) is 4.72. The molecule has 0 spiro atoms. The minimum Gasteiger partial charge on any atom is -0.478 e. The summed E-state index contributed by atoms with van der Waals surface area (Å²) in [6, 6.07) is 7.46. The molecule has 0 unspecified atom stereocenters. The van der Waals surface area contributed by atoms with E-state index in [0.29, 0.717) is 16.3 Å². The fourth-order valence-electron chi connectivity index (χ4n) is 0.881. The summed E-state index contributed by atoms with van der Waals surface area (Å²) >= 11 is 7.32. The van der Waals surface area contributed by atoms with Gasteiger partial charge in [-0.3, -0.25) is 0 Å². The van der Waals surface area contributed by atoms with Gasteiger partial charge in [0.2, 0.25) is 0 Å². The van der Waals surface area contributed by atoms with E-state index in [1.54, 1.807) is 24.8 Å². The van der Waals surface area contributed by atoms with Crippen molar-refractivity contribution in [1.29, 1.82) is 0 Å². The smallest absolute Gasteiger partial charge is 0.330 e. The second-order valence-corrected chi connectivity index (χ2v) is 4.49. The van der Waals surface area contributed by atoms with E-state index >= 15 is 0 Å². The van der Waals surface area contributed by atoms with Crippen molar-refractivity contribution in [2.45, 2.75) is 11.8 Å². The lowest BCUT2D eigenvalue weighted by molar-refractivity contribution is -0.132. The van der Waals surface area contributed by atoms with Gasteiger partial charge in [-0.2, -0.15) is 0 Å². The topological polar surface area (TPSA) is 37.3 Å². The first-order valence-electron chi connectivity index (χ1n) is 4.38. The standard InChI is InChI=1S/C11H11ClO2S/c1-8(11(13)14)6-7-15-10-4-2-9(12)3-5-10/h2-6H,7H2,1H3,(H,13,14). The molecule has 0 aromatic heterocycles. The van der Waals surface area contributed by atoms with Gasteiger partial charge in [0.15, 0.2) is 0 Å². The Balaban J connectivity index is 2.48. The molecule has 2 nitrogen and oxygen atoms in total. The minimum atomic E-state index is -0.869. The van der Waals surface area contributed by atoms with Crippen molar-refractivity contribution in [2.75, 3.05) is 5.75 Å². The lowest BCUT2D eigenvalue weighted by Crippen LogP contribution is -1.96. The van der Waals surface area contributed by atoms with Gasteiger partial charge in [-0.25, -0.2) is 4.79 Å². The highest BCUT2D eigenvalue weighted by molar-refractivity contribution is 7.99. The lowest BCUT2D eigenvalue weighted by atomic mass is 10.3. The Bertz CT molecular complexity index is 371. The molecule has 0 radical (unpaired) electrons. The highest BCUT2D eigenvalue weighted by atomic mass is 35.5. The van der Waals surface area contributed by atoms with Crippen molar-refractivity contribution >= 4 is 29.3 Å². The lowest BCUT2D eigenvalue weighted by Gasteiger charge is -1.98. The largest absolute Gasteiger partial charge is 0.478 e. The maximum atomic E-state index is 10.5. The number of hydrogen-bond acceptors (Lipinski definition) is 2. The van der Waals surface area contributed by atoms with Gasteiger partial charge in [0.25, 0.3) is 0 Å². The second kappa shape index (κ2) is 5.83. The molecule has 0 aliphatic rings. The Labute approximate surface area is 97.9 Å². The second-order valence-electron chi connectivity index (χ2n) is 2.96. The summed E-state index contributed by atoms with van der Waals surface area (Å²) in [6.45, 7) is 1.59. The maximum absolute atomic E-state index is 10.5. The minimum absolute atomic E-state index is 0.372. The third-order valence-corrected chi connectivity index (χ3v) is 2.98. The molecule has 0 aliphatic carbocycles. The van der Waals surface area contributed by atoms with E-state index < -0.39 is 5.97 Å². The Morgan fingerprint density at radius 3 is 2.60 bits per heavy atom. The first kappa shape index (κ1) is 12.1. The summed E-state index contributed by atoms with van der Waals surface area (Å²) in [5.74, 6) is -0.216. The number of thioether (sulfide) groups is 1. The van der Waals surface area contributed by atoms with Crippen molar-refractivity contribution in [1.82, 2.24) is 0 Å². The fraction of sp³-hybridized carbons (Fsp3) is 0.182. The van der Waals surface area contributed by atoms with E-state index in [1.165, 1.54) is 0 Å². The average Bonchev–Trinajstić information content (AvgIpc) is 2.20. The summed E-state index contributed by atoms with van der Waals surface area (Å²) in [6.07, 6.45) is 1.70. The van der Waals surface area contributed by atoms with E-state index in [-0.39, 0.29) is 0 Å². The van der Waals surface area contributed by atoms with E-state index in [0.717, 1.165) is 4.90 Å². The fourth-order valence-corrected chi connectivity index (χ4v) is 1.86. The molecule has 15 heavy (non-hydrogen) atoms. The van der Waals surface area contributed by atoms with Crippen LogP contribution in [-0.2, 0) is 4.79 Å². The highest BCUT2D eigenvalue weighted by Crippen LogP contribution is 2.20. The van der Waals surface area contributed by atoms with Gasteiger partial charge in [0.1, 0.15) is 0 Å². The summed E-state index contributed by atoms with van der Waals surface area (Å²) in [5, 5.41) is 9.33. The number of benzene rings is 1. The molecule has 0 saturated heterocycles. The van der Waals surface area contributed by atoms with Crippen LogP contribution in [0.2, 0.25) is 5.02 Å². The molecule has 0 heterocycles. The number of aliphatic carboxylic acids is 1. The highest BCUT2D eigenvalue weighted by Gasteiger charge is 1.98. The molecule has 0 aliphatic heterocycles. The van der Waals surface area contributed by atoms with Gasteiger partial charge < -0.3 is 5.11 Å². The molecule has 80 valence electrons. The first-order chi connectivity index (χ1) is 7.09. The molecule has 0 bridgehead atoms. The molecular formula is C11H11ClO2S. The Morgan fingerprint density at radius 2 is 2.07 bits per heavy atom. The number of halogens is 1. The average molecular weight is 243 g/mol. The van der Waals surface area contributed by atoms with Crippen LogP contribution in [0.25, 0.3) is 0 Å². The van der Waals surface area contributed by atoms with Crippen LogP contribution >= 0.6 is 23.4 Å². The zero-order chi connectivity index (χ0) is 11.3. The summed E-state index contributed by atoms with van der Waals surface area (Å²) in [5.41, 5.74) is 0.372. The third-order valence-electron chi connectivity index (χ3n) is 1.79. The van der Waals surface area contributed by atoms with Gasteiger partial charge in [-0.1, -0.05) is 17.7 Å². The molecule has 1 aromatic rings. The van der Waals surface area contributed by atoms with Crippen molar-refractivity contribution in [2.24, 2.45) is 0 Å². The zero-order valence-electron chi connectivity index (χ0n) is 8.24. The summed E-state index contributed by atoms with van der Waals surface area (Å²) in [4.78, 5) is 11.6. The van der Waals surface area contributed by atoms with Gasteiger partial charge in [0, 0.05) is 21.2 Å². The van der Waals surface area contributed by atoms with Crippen molar-refractivity contribution in [3.05, 3.63) is 40.9 Å². The van der Waals surface area contributed by atoms with Gasteiger partial charge >= 0.3 is 5.97 Å². The number of carboxylic acids is 1. The van der Waals surface area contributed by atoms with Crippen LogP contribution < -0.4 is 0 Å². The van der Waals surface area contributed by atoms with Gasteiger partial charge in [0.05, 0.1) is 0 Å². The predicted octanol–water partition coefficient (Wildman–Crippen LogP) is 3.46. The number of hydrogen-bond donors (Lipinski definition) is 1. The van der Waals surface area contributed by atoms with Crippen LogP contribution in [0.5, 0.6) is 0 Å². The van der Waals surface area contributed by atoms with Gasteiger partial charge in [-0.15, -0.1) is 11.8 Å². The molecule has 0 atom stereocenters. The Morgan fingerprint density at radius 1 is 1.47 bits per heavy atom. The predicted molar refractivity (Wildman–Crippen MR) is 63.6 cm³/mol. The van der Waals surface area contributed by atoms with Crippen molar-refractivity contribution in [3.63, 3.8) is 0 Å².